The number of aryl methyl sites for hydroxylation is 1. The summed E-state index contributed by atoms with van der Waals surface area (Å²) in [6.07, 6.45) is 4.34. The predicted molar refractivity (Wildman–Crippen MR) is 98.1 cm³/mol. The molecule has 1 saturated carbocycles. The Morgan fingerprint density at radius 3 is 2.46 bits per heavy atom. The number of hydrogen-bond donors (Lipinski definition) is 2. The van der Waals surface area contributed by atoms with Gasteiger partial charge in [-0.15, -0.1) is 0 Å². The van der Waals surface area contributed by atoms with Gasteiger partial charge in [0.25, 0.3) is 5.82 Å². The molecule has 0 saturated heterocycles. The Balaban J connectivity index is 1.49. The Labute approximate surface area is 148 Å². The molecule has 2 aromatic rings. The first-order chi connectivity index (χ1) is 11.6. The van der Waals surface area contributed by atoms with Crippen molar-refractivity contribution in [2.24, 2.45) is 0 Å². The summed E-state index contributed by atoms with van der Waals surface area (Å²) in [7, 11) is 0. The van der Waals surface area contributed by atoms with Crippen molar-refractivity contribution in [3.8, 4) is 0 Å². The highest BCUT2D eigenvalue weighted by atomic mass is 35.5. The summed E-state index contributed by atoms with van der Waals surface area (Å²) < 4.78 is 0.922. The van der Waals surface area contributed by atoms with Crippen LogP contribution in [0, 0.1) is 12.1 Å². The second kappa shape index (κ2) is 7.86. The molecule has 1 aliphatic rings. The number of anilines is 1. The number of benzene rings is 1. The summed E-state index contributed by atoms with van der Waals surface area (Å²) in [6.45, 7) is 2.69. The Hall–Kier alpha value is -1.78. The van der Waals surface area contributed by atoms with Gasteiger partial charge in [-0.3, -0.25) is 5.32 Å². The van der Waals surface area contributed by atoms with E-state index in [9.17, 15) is 5.21 Å². The number of nitrogens with zero attached hydrogens (tertiary/aromatic N) is 1. The Kier molecular flexibility index (Phi) is 5.59. The van der Waals surface area contributed by atoms with E-state index in [1.165, 1.54) is 5.56 Å². The van der Waals surface area contributed by atoms with E-state index in [0.717, 1.165) is 37.0 Å². The SMILES string of the molecule is Cc1cc(Cl)cc(N[C@H]2CC[C@@H](NCc3ccccc3)CC2)[n+]1[O-]. The van der Waals surface area contributed by atoms with Crippen molar-refractivity contribution < 1.29 is 4.73 Å². The normalized spacial score (nSPS) is 20.8. The minimum atomic E-state index is 0.331. The van der Waals surface area contributed by atoms with Gasteiger partial charge in [-0.25, -0.2) is 4.73 Å². The third kappa shape index (κ3) is 4.40. The van der Waals surface area contributed by atoms with Crippen LogP contribution in [0.3, 0.4) is 0 Å². The molecule has 1 aliphatic carbocycles. The van der Waals surface area contributed by atoms with Crippen LogP contribution in [0.1, 0.15) is 36.9 Å². The standard InChI is InChI=1S/C19H24ClN3O/c1-14-11-16(20)12-19(23(14)24)22-18-9-7-17(8-10-18)21-13-15-5-3-2-4-6-15/h2-6,11-12,17-18,21-22H,7-10,13H2,1H3/t17-,18+. The lowest BCUT2D eigenvalue weighted by Gasteiger charge is -2.28. The van der Waals surface area contributed by atoms with Gasteiger partial charge in [-0.05, 0) is 44.2 Å². The molecular formula is C19H24ClN3O. The average molecular weight is 346 g/mol. The summed E-state index contributed by atoms with van der Waals surface area (Å²) in [5.74, 6) is 0.556. The van der Waals surface area contributed by atoms with Crippen LogP contribution in [0.5, 0.6) is 0 Å². The van der Waals surface area contributed by atoms with Gasteiger partial charge in [-0.2, -0.15) is 0 Å². The third-order valence-electron chi connectivity index (χ3n) is 4.68. The van der Waals surface area contributed by atoms with E-state index in [1.54, 1.807) is 19.1 Å². The topological polar surface area (TPSA) is 51.0 Å². The lowest BCUT2D eigenvalue weighted by atomic mass is 9.91. The van der Waals surface area contributed by atoms with Crippen LogP contribution < -0.4 is 15.4 Å². The monoisotopic (exact) mass is 345 g/mol. The third-order valence-corrected chi connectivity index (χ3v) is 4.90. The van der Waals surface area contributed by atoms with Crippen LogP contribution >= 0.6 is 11.6 Å². The van der Waals surface area contributed by atoms with Crippen molar-refractivity contribution in [3.05, 3.63) is 64.0 Å². The molecule has 1 heterocycles. The zero-order chi connectivity index (χ0) is 16.9. The summed E-state index contributed by atoms with van der Waals surface area (Å²) in [5.41, 5.74) is 1.93. The molecule has 4 nitrogen and oxygen atoms in total. The molecule has 5 heteroatoms. The first-order valence-electron chi connectivity index (χ1n) is 8.55. The highest BCUT2D eigenvalue weighted by Crippen LogP contribution is 2.23. The molecule has 24 heavy (non-hydrogen) atoms. The van der Waals surface area contributed by atoms with Gasteiger partial charge >= 0.3 is 0 Å². The van der Waals surface area contributed by atoms with Gasteiger partial charge in [0.2, 0.25) is 0 Å². The largest absolute Gasteiger partial charge is 0.710 e. The highest BCUT2D eigenvalue weighted by molar-refractivity contribution is 6.30. The van der Waals surface area contributed by atoms with E-state index in [4.69, 9.17) is 11.6 Å². The van der Waals surface area contributed by atoms with Gasteiger partial charge < -0.3 is 10.5 Å². The molecule has 0 amide bonds. The number of hydrogen-bond acceptors (Lipinski definition) is 3. The van der Waals surface area contributed by atoms with E-state index in [0.29, 0.717) is 28.6 Å². The van der Waals surface area contributed by atoms with Crippen LogP contribution in [0.25, 0.3) is 0 Å². The molecule has 2 N–H and O–H groups in total. The minimum absolute atomic E-state index is 0.331. The second-order valence-corrected chi connectivity index (χ2v) is 6.99. The molecule has 0 unspecified atom stereocenters. The fraction of sp³-hybridized carbons (Fsp3) is 0.421. The number of pyridine rings is 1. The first-order valence-corrected chi connectivity index (χ1v) is 8.93. The number of rotatable bonds is 5. The Morgan fingerprint density at radius 1 is 1.08 bits per heavy atom. The minimum Gasteiger partial charge on any atom is -0.710 e. The van der Waals surface area contributed by atoms with Crippen molar-refractivity contribution in [1.29, 1.82) is 0 Å². The van der Waals surface area contributed by atoms with Crippen molar-refractivity contribution >= 4 is 17.4 Å². The number of nitrogens with one attached hydrogen (secondary N) is 2. The van der Waals surface area contributed by atoms with Gasteiger partial charge in [0.05, 0.1) is 11.1 Å². The maximum absolute atomic E-state index is 12.1. The molecule has 0 spiro atoms. The van der Waals surface area contributed by atoms with Crippen LogP contribution in [-0.4, -0.2) is 12.1 Å². The number of halogens is 1. The Morgan fingerprint density at radius 2 is 1.75 bits per heavy atom. The zero-order valence-corrected chi connectivity index (χ0v) is 14.7. The van der Waals surface area contributed by atoms with Crippen LogP contribution in [-0.2, 0) is 6.54 Å². The van der Waals surface area contributed by atoms with E-state index >= 15 is 0 Å². The fourth-order valence-electron chi connectivity index (χ4n) is 3.29. The second-order valence-electron chi connectivity index (χ2n) is 6.55. The van der Waals surface area contributed by atoms with E-state index in [-0.39, 0.29) is 0 Å². The maximum atomic E-state index is 12.1. The molecule has 1 aromatic carbocycles. The van der Waals surface area contributed by atoms with Crippen molar-refractivity contribution in [2.75, 3.05) is 5.32 Å². The zero-order valence-electron chi connectivity index (χ0n) is 14.0. The summed E-state index contributed by atoms with van der Waals surface area (Å²) in [5, 5.41) is 19.7. The van der Waals surface area contributed by atoms with Gasteiger partial charge in [-0.1, -0.05) is 41.9 Å². The fourth-order valence-corrected chi connectivity index (χ4v) is 3.55. The summed E-state index contributed by atoms with van der Waals surface area (Å²) in [4.78, 5) is 0. The van der Waals surface area contributed by atoms with Crippen LogP contribution in [0.2, 0.25) is 5.02 Å². The smallest absolute Gasteiger partial charge is 0.279 e. The molecule has 128 valence electrons. The van der Waals surface area contributed by atoms with E-state index < -0.39 is 0 Å². The molecule has 0 bridgehead atoms. The molecule has 1 aromatic heterocycles. The van der Waals surface area contributed by atoms with Crippen molar-refractivity contribution in [1.82, 2.24) is 5.32 Å². The molecular weight excluding hydrogens is 322 g/mol. The highest BCUT2D eigenvalue weighted by Gasteiger charge is 2.24. The maximum Gasteiger partial charge on any atom is 0.279 e. The average Bonchev–Trinajstić information content (AvgIpc) is 2.59. The molecule has 1 fully saturated rings. The number of aromatic nitrogens is 1. The molecule has 0 radical (unpaired) electrons. The molecule has 0 atom stereocenters. The van der Waals surface area contributed by atoms with Crippen LogP contribution in [0.4, 0.5) is 5.82 Å². The van der Waals surface area contributed by atoms with E-state index in [1.807, 2.05) is 6.07 Å². The van der Waals surface area contributed by atoms with Crippen LogP contribution in [0.15, 0.2) is 42.5 Å². The van der Waals surface area contributed by atoms with E-state index in [2.05, 4.69) is 34.9 Å². The van der Waals surface area contributed by atoms with Gasteiger partial charge in [0.15, 0.2) is 0 Å². The summed E-state index contributed by atoms with van der Waals surface area (Å²) >= 11 is 6.06. The quantitative estimate of drug-likeness (QED) is 0.640. The lowest BCUT2D eigenvalue weighted by Crippen LogP contribution is -2.40. The van der Waals surface area contributed by atoms with Crippen molar-refractivity contribution in [2.45, 2.75) is 51.2 Å². The molecule has 3 rings (SSSR count). The van der Waals surface area contributed by atoms with Gasteiger partial charge in [0.1, 0.15) is 5.69 Å². The van der Waals surface area contributed by atoms with Crippen molar-refractivity contribution in [3.63, 3.8) is 0 Å². The predicted octanol–water partition coefficient (Wildman–Crippen LogP) is 3.79. The lowest BCUT2D eigenvalue weighted by molar-refractivity contribution is -0.597. The van der Waals surface area contributed by atoms with Gasteiger partial charge in [0, 0.05) is 18.7 Å². The Bertz CT molecular complexity index is 670. The first kappa shape index (κ1) is 17.1. The summed E-state index contributed by atoms with van der Waals surface area (Å²) in [6, 6.07) is 14.8. The molecule has 0 aliphatic heterocycles.